The van der Waals surface area contributed by atoms with Crippen LogP contribution in [0.4, 0.5) is 13.2 Å². The van der Waals surface area contributed by atoms with Gasteiger partial charge in [-0.3, -0.25) is 0 Å². The Kier molecular flexibility index (Phi) is 3.28. The zero-order chi connectivity index (χ0) is 14.0. The van der Waals surface area contributed by atoms with Crippen LogP contribution in [0.2, 0.25) is 0 Å². The molecule has 2 aromatic rings. The first-order valence-electron chi connectivity index (χ1n) is 5.20. The zero-order valence-electron chi connectivity index (χ0n) is 9.44. The minimum absolute atomic E-state index is 0.00278. The molecule has 0 saturated heterocycles. The molecule has 0 aliphatic rings. The van der Waals surface area contributed by atoms with Crippen molar-refractivity contribution in [2.45, 2.75) is 12.6 Å². The number of carboxylic acids is 1. The van der Waals surface area contributed by atoms with Crippen molar-refractivity contribution in [3.63, 3.8) is 0 Å². The van der Waals surface area contributed by atoms with Gasteiger partial charge in [0.25, 0.3) is 0 Å². The van der Waals surface area contributed by atoms with Gasteiger partial charge in [0.2, 0.25) is 0 Å². The van der Waals surface area contributed by atoms with Crippen LogP contribution in [-0.4, -0.2) is 16.1 Å². The van der Waals surface area contributed by atoms with Crippen LogP contribution in [0.3, 0.4) is 0 Å². The van der Waals surface area contributed by atoms with E-state index in [1.807, 2.05) is 0 Å². The Morgan fingerprint density at radius 3 is 2.68 bits per heavy atom. The highest BCUT2D eigenvalue weighted by Gasteiger charge is 2.30. The predicted molar refractivity (Wildman–Crippen MR) is 57.7 cm³/mol. The molecule has 1 N–H and O–H groups in total. The van der Waals surface area contributed by atoms with E-state index in [-0.39, 0.29) is 18.0 Å². The Bertz CT molecular complexity index is 604. The standard InChI is InChI=1S/C12H8F3NO3/c13-12(14,15)8-3-1-2-7(4-8)5-10-16-9(6-19-10)11(17)18/h1-4,6H,5H2,(H,17,18). The molecule has 0 fully saturated rings. The number of aromatic carboxylic acids is 1. The highest BCUT2D eigenvalue weighted by atomic mass is 19.4. The van der Waals surface area contributed by atoms with Gasteiger partial charge in [0.1, 0.15) is 6.26 Å². The van der Waals surface area contributed by atoms with Crippen molar-refractivity contribution in [3.05, 3.63) is 53.2 Å². The third-order valence-electron chi connectivity index (χ3n) is 2.38. The van der Waals surface area contributed by atoms with Crippen LogP contribution in [0.5, 0.6) is 0 Å². The summed E-state index contributed by atoms with van der Waals surface area (Å²) in [6, 6.07) is 4.70. The molecule has 1 heterocycles. The molecule has 0 spiro atoms. The van der Waals surface area contributed by atoms with E-state index in [2.05, 4.69) is 4.98 Å². The lowest BCUT2D eigenvalue weighted by molar-refractivity contribution is -0.137. The second kappa shape index (κ2) is 4.75. The van der Waals surface area contributed by atoms with Crippen LogP contribution >= 0.6 is 0 Å². The first-order valence-corrected chi connectivity index (χ1v) is 5.20. The van der Waals surface area contributed by atoms with Gasteiger partial charge in [0.05, 0.1) is 5.56 Å². The van der Waals surface area contributed by atoms with Crippen molar-refractivity contribution in [1.82, 2.24) is 4.98 Å². The maximum Gasteiger partial charge on any atom is 0.416 e. The van der Waals surface area contributed by atoms with E-state index in [4.69, 9.17) is 9.52 Å². The molecular formula is C12H8F3NO3. The lowest BCUT2D eigenvalue weighted by atomic mass is 10.1. The largest absolute Gasteiger partial charge is 0.476 e. The summed E-state index contributed by atoms with van der Waals surface area (Å²) in [6.45, 7) is 0. The Morgan fingerprint density at radius 1 is 1.37 bits per heavy atom. The van der Waals surface area contributed by atoms with Crippen molar-refractivity contribution >= 4 is 5.97 Å². The second-order valence-electron chi connectivity index (χ2n) is 3.81. The van der Waals surface area contributed by atoms with Crippen LogP contribution in [0.15, 0.2) is 34.9 Å². The van der Waals surface area contributed by atoms with Crippen LogP contribution in [0, 0.1) is 0 Å². The van der Waals surface area contributed by atoms with Crippen LogP contribution < -0.4 is 0 Å². The maximum atomic E-state index is 12.5. The molecule has 0 saturated carbocycles. The topological polar surface area (TPSA) is 63.3 Å². The van der Waals surface area contributed by atoms with E-state index in [1.54, 1.807) is 0 Å². The fraction of sp³-hybridized carbons (Fsp3) is 0.167. The first kappa shape index (κ1) is 13.1. The van der Waals surface area contributed by atoms with Gasteiger partial charge < -0.3 is 9.52 Å². The second-order valence-corrected chi connectivity index (χ2v) is 3.81. The van der Waals surface area contributed by atoms with Gasteiger partial charge in [-0.05, 0) is 11.6 Å². The van der Waals surface area contributed by atoms with Gasteiger partial charge >= 0.3 is 12.1 Å². The minimum Gasteiger partial charge on any atom is -0.476 e. The molecule has 7 heteroatoms. The van der Waals surface area contributed by atoms with Crippen molar-refractivity contribution in [2.24, 2.45) is 0 Å². The molecule has 2 rings (SSSR count). The molecule has 0 unspecified atom stereocenters. The number of carboxylic acid groups (broad SMARTS) is 1. The molecule has 1 aromatic heterocycles. The summed E-state index contributed by atoms with van der Waals surface area (Å²) in [5, 5.41) is 8.64. The highest BCUT2D eigenvalue weighted by Crippen LogP contribution is 2.29. The molecule has 1 aromatic carbocycles. The van der Waals surface area contributed by atoms with Gasteiger partial charge in [0, 0.05) is 6.42 Å². The molecule has 0 atom stereocenters. The number of oxazole rings is 1. The molecule has 0 bridgehead atoms. The quantitative estimate of drug-likeness (QED) is 0.932. The fourth-order valence-electron chi connectivity index (χ4n) is 1.52. The molecular weight excluding hydrogens is 263 g/mol. The molecule has 4 nitrogen and oxygen atoms in total. The predicted octanol–water partition coefficient (Wildman–Crippen LogP) is 2.98. The summed E-state index contributed by atoms with van der Waals surface area (Å²) in [5.41, 5.74) is -0.703. The molecule has 19 heavy (non-hydrogen) atoms. The average Bonchev–Trinajstić information content (AvgIpc) is 2.77. The summed E-state index contributed by atoms with van der Waals surface area (Å²) in [4.78, 5) is 14.2. The van der Waals surface area contributed by atoms with Crippen molar-refractivity contribution in [1.29, 1.82) is 0 Å². The zero-order valence-corrected chi connectivity index (χ0v) is 9.44. The average molecular weight is 271 g/mol. The van der Waals surface area contributed by atoms with Crippen molar-refractivity contribution in [3.8, 4) is 0 Å². The van der Waals surface area contributed by atoms with Crippen LogP contribution in [0.1, 0.15) is 27.5 Å². The van der Waals surface area contributed by atoms with Gasteiger partial charge in [-0.15, -0.1) is 0 Å². The Labute approximate surface area is 105 Å². The van der Waals surface area contributed by atoms with Gasteiger partial charge in [-0.25, -0.2) is 9.78 Å². The smallest absolute Gasteiger partial charge is 0.416 e. The summed E-state index contributed by atoms with van der Waals surface area (Å²) in [7, 11) is 0. The number of carbonyl (C=O) groups is 1. The third kappa shape index (κ3) is 3.12. The SMILES string of the molecule is O=C(O)c1coc(Cc2cccc(C(F)(F)F)c2)n1. The number of hydrogen-bond acceptors (Lipinski definition) is 3. The lowest BCUT2D eigenvalue weighted by Gasteiger charge is -2.07. The van der Waals surface area contributed by atoms with Crippen molar-refractivity contribution in [2.75, 3.05) is 0 Å². The Morgan fingerprint density at radius 2 is 2.11 bits per heavy atom. The Hall–Kier alpha value is -2.31. The molecule has 0 aliphatic carbocycles. The number of halogens is 3. The maximum absolute atomic E-state index is 12.5. The summed E-state index contributed by atoms with van der Waals surface area (Å²) in [5.74, 6) is -1.20. The minimum atomic E-state index is -4.42. The summed E-state index contributed by atoms with van der Waals surface area (Å²) < 4.78 is 42.4. The van der Waals surface area contributed by atoms with E-state index in [9.17, 15) is 18.0 Å². The number of nitrogens with zero attached hydrogens (tertiary/aromatic N) is 1. The molecule has 100 valence electrons. The number of rotatable bonds is 3. The molecule has 0 aliphatic heterocycles. The Balaban J connectivity index is 2.21. The number of hydrogen-bond donors (Lipinski definition) is 1. The van der Waals surface area contributed by atoms with Crippen molar-refractivity contribution < 1.29 is 27.5 Å². The number of benzene rings is 1. The van der Waals surface area contributed by atoms with E-state index in [0.717, 1.165) is 18.4 Å². The fourth-order valence-corrected chi connectivity index (χ4v) is 1.52. The summed E-state index contributed by atoms with van der Waals surface area (Å²) in [6.07, 6.45) is -3.47. The number of aromatic nitrogens is 1. The van der Waals surface area contributed by atoms with E-state index in [0.29, 0.717) is 5.56 Å². The monoisotopic (exact) mass is 271 g/mol. The van der Waals surface area contributed by atoms with Gasteiger partial charge in [0.15, 0.2) is 11.6 Å². The van der Waals surface area contributed by atoms with Crippen LogP contribution in [-0.2, 0) is 12.6 Å². The van der Waals surface area contributed by atoms with Crippen LogP contribution in [0.25, 0.3) is 0 Å². The lowest BCUT2D eigenvalue weighted by Crippen LogP contribution is -2.05. The van der Waals surface area contributed by atoms with Gasteiger partial charge in [-0.1, -0.05) is 18.2 Å². The third-order valence-corrected chi connectivity index (χ3v) is 2.38. The molecule has 0 amide bonds. The van der Waals surface area contributed by atoms with Gasteiger partial charge in [-0.2, -0.15) is 13.2 Å². The highest BCUT2D eigenvalue weighted by molar-refractivity contribution is 5.84. The normalized spacial score (nSPS) is 11.5. The first-order chi connectivity index (χ1) is 8.86. The molecule has 0 radical (unpaired) electrons. The number of alkyl halides is 3. The summed E-state index contributed by atoms with van der Waals surface area (Å²) >= 11 is 0. The van der Waals surface area contributed by atoms with E-state index >= 15 is 0 Å². The van der Waals surface area contributed by atoms with E-state index in [1.165, 1.54) is 12.1 Å². The van der Waals surface area contributed by atoms with E-state index < -0.39 is 17.7 Å².